The maximum absolute atomic E-state index is 11.1. The number of carbonyl (C=O) groups is 1. The largest absolute Gasteiger partial charge is 0.478 e. The molecule has 4 nitrogen and oxygen atoms in total. The number of hydrogen-bond donors (Lipinski definition) is 2. The monoisotopic (exact) mass is 326 g/mol. The van der Waals surface area contributed by atoms with E-state index in [1.807, 2.05) is 12.1 Å². The smallest absolute Gasteiger partial charge is 0.337 e. The fourth-order valence-corrected chi connectivity index (χ4v) is 2.74. The lowest BCUT2D eigenvalue weighted by atomic mass is 10.2. The highest BCUT2D eigenvalue weighted by molar-refractivity contribution is 9.10. The molecule has 1 aliphatic rings. The van der Waals surface area contributed by atoms with Crippen molar-refractivity contribution in [1.29, 1.82) is 0 Å². The van der Waals surface area contributed by atoms with Crippen molar-refractivity contribution in [1.82, 2.24) is 4.90 Å². The molecule has 0 aliphatic carbocycles. The van der Waals surface area contributed by atoms with Gasteiger partial charge in [-0.2, -0.15) is 0 Å². The molecule has 0 bridgehead atoms. The molecule has 19 heavy (non-hydrogen) atoms. The second-order valence-electron chi connectivity index (χ2n) is 4.82. The van der Waals surface area contributed by atoms with Gasteiger partial charge < -0.3 is 15.3 Å². The normalized spacial score (nSPS) is 15.6. The van der Waals surface area contributed by atoms with Crippen LogP contribution in [-0.4, -0.2) is 42.2 Å². The molecule has 1 fully saturated rings. The number of halogens is 1. The molecule has 0 atom stereocenters. The molecule has 1 heterocycles. The average molecular weight is 327 g/mol. The minimum atomic E-state index is -0.900. The lowest BCUT2D eigenvalue weighted by Gasteiger charge is -2.15. The van der Waals surface area contributed by atoms with Crippen LogP contribution in [0.5, 0.6) is 0 Å². The van der Waals surface area contributed by atoms with Gasteiger partial charge in [0.25, 0.3) is 0 Å². The van der Waals surface area contributed by atoms with Crippen LogP contribution in [-0.2, 0) is 0 Å². The van der Waals surface area contributed by atoms with Crippen molar-refractivity contribution < 1.29 is 9.90 Å². The highest BCUT2D eigenvalue weighted by Gasteiger charge is 2.12. The molecular weight excluding hydrogens is 308 g/mol. The number of carboxylic acids is 1. The van der Waals surface area contributed by atoms with Gasteiger partial charge in [-0.1, -0.05) is 15.9 Å². The predicted molar refractivity (Wildman–Crippen MR) is 79.9 cm³/mol. The van der Waals surface area contributed by atoms with Crippen molar-refractivity contribution in [3.63, 3.8) is 0 Å². The first-order valence-electron chi connectivity index (χ1n) is 6.66. The standard InChI is InChI=1S/C14H19BrN2O2/c15-11-4-5-13(12(10-11)14(18)19)16-6-3-9-17-7-1-2-8-17/h4-5,10,16H,1-3,6-9H2,(H,18,19). The molecule has 0 aromatic heterocycles. The first-order chi connectivity index (χ1) is 9.16. The van der Waals surface area contributed by atoms with Crippen LogP contribution in [0, 0.1) is 0 Å². The zero-order valence-corrected chi connectivity index (χ0v) is 12.4. The second-order valence-corrected chi connectivity index (χ2v) is 5.74. The number of likely N-dealkylation sites (tertiary alicyclic amines) is 1. The third-order valence-electron chi connectivity index (χ3n) is 3.38. The Bertz CT molecular complexity index is 445. The maximum Gasteiger partial charge on any atom is 0.337 e. The van der Waals surface area contributed by atoms with Gasteiger partial charge in [0, 0.05) is 16.7 Å². The van der Waals surface area contributed by atoms with Crippen LogP contribution in [0.25, 0.3) is 0 Å². The average Bonchev–Trinajstić information content (AvgIpc) is 2.89. The molecule has 1 saturated heterocycles. The molecule has 0 amide bonds. The van der Waals surface area contributed by atoms with E-state index in [1.165, 1.54) is 25.9 Å². The molecule has 2 N–H and O–H groups in total. The topological polar surface area (TPSA) is 52.6 Å². The van der Waals surface area contributed by atoms with Crippen molar-refractivity contribution in [2.45, 2.75) is 19.3 Å². The molecule has 0 saturated carbocycles. The van der Waals surface area contributed by atoms with Crippen LogP contribution in [0.15, 0.2) is 22.7 Å². The quantitative estimate of drug-likeness (QED) is 0.789. The van der Waals surface area contributed by atoms with Crippen molar-refractivity contribution in [3.05, 3.63) is 28.2 Å². The second kappa shape index (κ2) is 6.91. The van der Waals surface area contributed by atoms with E-state index in [-0.39, 0.29) is 0 Å². The van der Waals surface area contributed by atoms with Crippen LogP contribution in [0.3, 0.4) is 0 Å². The Morgan fingerprint density at radius 2 is 2.11 bits per heavy atom. The van der Waals surface area contributed by atoms with E-state index in [4.69, 9.17) is 5.11 Å². The zero-order valence-electron chi connectivity index (χ0n) is 10.9. The van der Waals surface area contributed by atoms with Gasteiger partial charge in [0.05, 0.1) is 5.56 Å². The van der Waals surface area contributed by atoms with Gasteiger partial charge in [0.1, 0.15) is 0 Å². The minimum Gasteiger partial charge on any atom is -0.478 e. The Hall–Kier alpha value is -1.07. The molecule has 104 valence electrons. The summed E-state index contributed by atoms with van der Waals surface area (Å²) < 4.78 is 0.785. The number of nitrogens with one attached hydrogen (secondary N) is 1. The summed E-state index contributed by atoms with van der Waals surface area (Å²) in [5.74, 6) is -0.900. The Morgan fingerprint density at radius 1 is 1.37 bits per heavy atom. The molecular formula is C14H19BrN2O2. The summed E-state index contributed by atoms with van der Waals surface area (Å²) in [7, 11) is 0. The summed E-state index contributed by atoms with van der Waals surface area (Å²) in [6.45, 7) is 4.31. The molecule has 1 aromatic rings. The van der Waals surface area contributed by atoms with Crippen molar-refractivity contribution >= 4 is 27.6 Å². The van der Waals surface area contributed by atoms with Gasteiger partial charge in [-0.25, -0.2) is 4.79 Å². The maximum atomic E-state index is 11.1. The molecule has 5 heteroatoms. The van der Waals surface area contributed by atoms with Gasteiger partial charge in [0.15, 0.2) is 0 Å². The van der Waals surface area contributed by atoms with Gasteiger partial charge in [0.2, 0.25) is 0 Å². The van der Waals surface area contributed by atoms with E-state index in [0.717, 1.165) is 24.0 Å². The Morgan fingerprint density at radius 3 is 2.79 bits per heavy atom. The van der Waals surface area contributed by atoms with Crippen LogP contribution >= 0.6 is 15.9 Å². The number of rotatable bonds is 6. The predicted octanol–water partition coefficient (Wildman–Crippen LogP) is 3.05. The molecule has 0 spiro atoms. The molecule has 1 aliphatic heterocycles. The molecule has 0 unspecified atom stereocenters. The number of anilines is 1. The van der Waals surface area contributed by atoms with Crippen LogP contribution in [0.2, 0.25) is 0 Å². The van der Waals surface area contributed by atoms with Crippen LogP contribution in [0.1, 0.15) is 29.6 Å². The number of carboxylic acid groups (broad SMARTS) is 1. The Kier molecular flexibility index (Phi) is 5.22. The molecule has 0 radical (unpaired) electrons. The van der Waals surface area contributed by atoms with Crippen molar-refractivity contribution in [2.24, 2.45) is 0 Å². The highest BCUT2D eigenvalue weighted by Crippen LogP contribution is 2.21. The highest BCUT2D eigenvalue weighted by atomic mass is 79.9. The third kappa shape index (κ3) is 4.21. The summed E-state index contributed by atoms with van der Waals surface area (Å²) in [6, 6.07) is 5.30. The van der Waals surface area contributed by atoms with Gasteiger partial charge in [-0.15, -0.1) is 0 Å². The summed E-state index contributed by atoms with van der Waals surface area (Å²) in [5.41, 5.74) is 1.01. The first kappa shape index (κ1) is 14.3. The van der Waals surface area contributed by atoms with E-state index in [1.54, 1.807) is 6.07 Å². The van der Waals surface area contributed by atoms with E-state index >= 15 is 0 Å². The van der Waals surface area contributed by atoms with Crippen LogP contribution < -0.4 is 5.32 Å². The summed E-state index contributed by atoms with van der Waals surface area (Å²) in [6.07, 6.45) is 3.65. The van der Waals surface area contributed by atoms with Gasteiger partial charge in [-0.3, -0.25) is 0 Å². The van der Waals surface area contributed by atoms with E-state index in [2.05, 4.69) is 26.1 Å². The Balaban J connectivity index is 1.83. The lowest BCUT2D eigenvalue weighted by Crippen LogP contribution is -2.22. The van der Waals surface area contributed by atoms with E-state index in [0.29, 0.717) is 11.3 Å². The third-order valence-corrected chi connectivity index (χ3v) is 3.87. The number of benzene rings is 1. The van der Waals surface area contributed by atoms with Crippen LogP contribution in [0.4, 0.5) is 5.69 Å². The van der Waals surface area contributed by atoms with Gasteiger partial charge in [-0.05, 0) is 57.1 Å². The fraction of sp³-hybridized carbons (Fsp3) is 0.500. The first-order valence-corrected chi connectivity index (χ1v) is 7.45. The van der Waals surface area contributed by atoms with E-state index in [9.17, 15) is 4.79 Å². The molecule has 2 rings (SSSR count). The Labute approximate surface area is 121 Å². The number of nitrogens with zero attached hydrogens (tertiary/aromatic N) is 1. The SMILES string of the molecule is O=C(O)c1cc(Br)ccc1NCCCN1CCCC1. The summed E-state index contributed by atoms with van der Waals surface area (Å²) in [5, 5.41) is 12.4. The number of aromatic carboxylic acids is 1. The molecule has 1 aromatic carbocycles. The van der Waals surface area contributed by atoms with Crippen molar-refractivity contribution in [3.8, 4) is 0 Å². The fourth-order valence-electron chi connectivity index (χ4n) is 2.38. The summed E-state index contributed by atoms with van der Waals surface area (Å²) in [4.78, 5) is 13.6. The number of hydrogen-bond acceptors (Lipinski definition) is 3. The van der Waals surface area contributed by atoms with Crippen molar-refractivity contribution in [2.75, 3.05) is 31.5 Å². The summed E-state index contributed by atoms with van der Waals surface area (Å²) >= 11 is 3.29. The lowest BCUT2D eigenvalue weighted by molar-refractivity contribution is 0.0698. The van der Waals surface area contributed by atoms with E-state index < -0.39 is 5.97 Å². The van der Waals surface area contributed by atoms with Gasteiger partial charge >= 0.3 is 5.97 Å². The minimum absolute atomic E-state index is 0.315. The zero-order chi connectivity index (χ0) is 13.7.